The third kappa shape index (κ3) is 2.77. The van der Waals surface area contributed by atoms with Crippen molar-refractivity contribution in [2.24, 2.45) is 5.84 Å². The highest BCUT2D eigenvalue weighted by molar-refractivity contribution is 5.45. The van der Waals surface area contributed by atoms with Gasteiger partial charge in [-0.3, -0.25) is 11.3 Å². The molecule has 1 aliphatic rings. The summed E-state index contributed by atoms with van der Waals surface area (Å²) in [6, 6.07) is 6.48. The van der Waals surface area contributed by atoms with Gasteiger partial charge in [0.05, 0.1) is 12.6 Å². The van der Waals surface area contributed by atoms with E-state index in [1.165, 1.54) is 11.1 Å². The number of nitrogens with two attached hydrogens (primary N) is 1. The van der Waals surface area contributed by atoms with Crippen LogP contribution in [0.3, 0.4) is 0 Å². The average Bonchev–Trinajstić information content (AvgIpc) is 2.78. The second-order valence-corrected chi connectivity index (χ2v) is 4.75. The number of ether oxygens (including phenoxy) is 1. The summed E-state index contributed by atoms with van der Waals surface area (Å²) in [5.41, 5.74) is 5.38. The Bertz CT molecular complexity index is 379. The van der Waals surface area contributed by atoms with Crippen molar-refractivity contribution in [2.45, 2.75) is 18.9 Å². The predicted octanol–water partition coefficient (Wildman–Crippen LogP) is 1.08. The first-order valence-corrected chi connectivity index (χ1v) is 6.08. The van der Waals surface area contributed by atoms with Crippen molar-refractivity contribution in [3.63, 3.8) is 0 Å². The molecule has 0 saturated heterocycles. The number of fused-ring (bicyclic) bond motifs is 1. The van der Waals surface area contributed by atoms with Gasteiger partial charge < -0.3 is 9.64 Å². The topological polar surface area (TPSA) is 50.5 Å². The smallest absolute Gasteiger partial charge is 0.127 e. The second kappa shape index (κ2) is 5.49. The van der Waals surface area contributed by atoms with Gasteiger partial charge in [-0.1, -0.05) is 18.2 Å². The van der Waals surface area contributed by atoms with E-state index in [4.69, 9.17) is 10.6 Å². The van der Waals surface area contributed by atoms with Crippen molar-refractivity contribution < 1.29 is 4.74 Å². The standard InChI is InChI=1S/C13H21N3O/c1-16(2)8-6-12(15-14)11-5-3-4-10-7-9-17-13(10)11/h3-5,12,15H,6-9,14H2,1-2H3. The van der Waals surface area contributed by atoms with E-state index in [0.717, 1.165) is 31.7 Å². The second-order valence-electron chi connectivity index (χ2n) is 4.75. The van der Waals surface area contributed by atoms with E-state index >= 15 is 0 Å². The fourth-order valence-electron chi connectivity index (χ4n) is 2.23. The van der Waals surface area contributed by atoms with Crippen LogP contribution in [-0.2, 0) is 6.42 Å². The van der Waals surface area contributed by atoms with E-state index in [1.807, 2.05) is 0 Å². The van der Waals surface area contributed by atoms with E-state index in [-0.39, 0.29) is 6.04 Å². The molecule has 3 N–H and O–H groups in total. The van der Waals surface area contributed by atoms with Crippen molar-refractivity contribution in [2.75, 3.05) is 27.2 Å². The summed E-state index contributed by atoms with van der Waals surface area (Å²) in [4.78, 5) is 2.16. The third-order valence-corrected chi connectivity index (χ3v) is 3.19. The zero-order valence-corrected chi connectivity index (χ0v) is 10.6. The van der Waals surface area contributed by atoms with Crippen LogP contribution in [0.4, 0.5) is 0 Å². The Labute approximate surface area is 103 Å². The lowest BCUT2D eigenvalue weighted by atomic mass is 10.00. The molecule has 0 radical (unpaired) electrons. The van der Waals surface area contributed by atoms with Crippen LogP contribution in [0, 0.1) is 0 Å². The van der Waals surface area contributed by atoms with E-state index in [1.54, 1.807) is 0 Å². The first kappa shape index (κ1) is 12.4. The lowest BCUT2D eigenvalue weighted by Gasteiger charge is -2.20. The number of hydrazine groups is 1. The van der Waals surface area contributed by atoms with Gasteiger partial charge in [-0.25, -0.2) is 0 Å². The minimum Gasteiger partial charge on any atom is -0.493 e. The molecule has 0 spiro atoms. The maximum Gasteiger partial charge on any atom is 0.127 e. The number of para-hydroxylation sites is 1. The van der Waals surface area contributed by atoms with Gasteiger partial charge in [0.15, 0.2) is 0 Å². The van der Waals surface area contributed by atoms with Crippen LogP contribution in [0.15, 0.2) is 18.2 Å². The number of hydrogen-bond acceptors (Lipinski definition) is 4. The zero-order chi connectivity index (χ0) is 12.3. The fraction of sp³-hybridized carbons (Fsp3) is 0.538. The monoisotopic (exact) mass is 235 g/mol. The molecule has 1 atom stereocenters. The number of nitrogens with zero attached hydrogens (tertiary/aromatic N) is 1. The van der Waals surface area contributed by atoms with Gasteiger partial charge in [0, 0.05) is 12.0 Å². The zero-order valence-electron chi connectivity index (χ0n) is 10.6. The highest BCUT2D eigenvalue weighted by Gasteiger charge is 2.21. The summed E-state index contributed by atoms with van der Waals surface area (Å²) in [7, 11) is 4.14. The molecule has 1 unspecified atom stereocenters. The Morgan fingerprint density at radius 1 is 1.47 bits per heavy atom. The van der Waals surface area contributed by atoms with Crippen LogP contribution in [-0.4, -0.2) is 32.1 Å². The van der Waals surface area contributed by atoms with E-state index in [0.29, 0.717) is 0 Å². The predicted molar refractivity (Wildman–Crippen MR) is 68.9 cm³/mol. The number of hydrogen-bond donors (Lipinski definition) is 2. The number of nitrogens with one attached hydrogen (secondary N) is 1. The van der Waals surface area contributed by atoms with Gasteiger partial charge in [0.25, 0.3) is 0 Å². The SMILES string of the molecule is CN(C)CCC(NN)c1cccc2c1OCC2. The molecule has 4 heteroatoms. The summed E-state index contributed by atoms with van der Waals surface area (Å²) in [5.74, 6) is 6.70. The largest absolute Gasteiger partial charge is 0.493 e. The van der Waals surface area contributed by atoms with Crippen molar-refractivity contribution in [3.8, 4) is 5.75 Å². The molecule has 0 aromatic heterocycles. The highest BCUT2D eigenvalue weighted by atomic mass is 16.5. The van der Waals surface area contributed by atoms with E-state index in [9.17, 15) is 0 Å². The van der Waals surface area contributed by atoms with Crippen molar-refractivity contribution >= 4 is 0 Å². The Hall–Kier alpha value is -1.10. The van der Waals surface area contributed by atoms with Crippen LogP contribution < -0.4 is 16.0 Å². The first-order valence-electron chi connectivity index (χ1n) is 6.08. The molecule has 94 valence electrons. The normalized spacial score (nSPS) is 15.8. The minimum atomic E-state index is 0.158. The quantitative estimate of drug-likeness (QED) is 0.592. The van der Waals surface area contributed by atoms with Crippen LogP contribution in [0.25, 0.3) is 0 Å². The molecule has 0 bridgehead atoms. The molecular formula is C13H21N3O. The maximum atomic E-state index is 5.71. The van der Waals surface area contributed by atoms with Gasteiger partial charge in [-0.15, -0.1) is 0 Å². The number of rotatable bonds is 5. The van der Waals surface area contributed by atoms with Crippen LogP contribution in [0.1, 0.15) is 23.6 Å². The Balaban J connectivity index is 2.16. The summed E-state index contributed by atoms with van der Waals surface area (Å²) in [6.45, 7) is 1.79. The molecule has 0 saturated carbocycles. The third-order valence-electron chi connectivity index (χ3n) is 3.19. The minimum absolute atomic E-state index is 0.158. The first-order chi connectivity index (χ1) is 8.22. The molecular weight excluding hydrogens is 214 g/mol. The van der Waals surface area contributed by atoms with Crippen LogP contribution in [0.5, 0.6) is 5.75 Å². The summed E-state index contributed by atoms with van der Waals surface area (Å²) < 4.78 is 5.71. The molecule has 1 aromatic rings. The molecule has 1 aliphatic heterocycles. The summed E-state index contributed by atoms with van der Waals surface area (Å²) >= 11 is 0. The Kier molecular flexibility index (Phi) is 3.99. The van der Waals surface area contributed by atoms with Crippen LogP contribution >= 0.6 is 0 Å². The summed E-state index contributed by atoms with van der Waals surface area (Å²) in [5, 5.41) is 0. The lowest BCUT2D eigenvalue weighted by Crippen LogP contribution is -2.31. The van der Waals surface area contributed by atoms with E-state index in [2.05, 4.69) is 42.6 Å². The molecule has 1 heterocycles. The number of benzene rings is 1. The van der Waals surface area contributed by atoms with Gasteiger partial charge in [0.2, 0.25) is 0 Å². The van der Waals surface area contributed by atoms with Crippen molar-refractivity contribution in [1.29, 1.82) is 0 Å². The molecule has 0 fully saturated rings. The van der Waals surface area contributed by atoms with Gasteiger partial charge in [-0.2, -0.15) is 0 Å². The maximum absolute atomic E-state index is 5.71. The molecule has 4 nitrogen and oxygen atoms in total. The van der Waals surface area contributed by atoms with Crippen LogP contribution in [0.2, 0.25) is 0 Å². The van der Waals surface area contributed by atoms with Gasteiger partial charge in [-0.05, 0) is 32.6 Å². The van der Waals surface area contributed by atoms with Gasteiger partial charge in [0.1, 0.15) is 5.75 Å². The lowest BCUT2D eigenvalue weighted by molar-refractivity contribution is 0.335. The Morgan fingerprint density at radius 3 is 3.00 bits per heavy atom. The van der Waals surface area contributed by atoms with Crippen molar-refractivity contribution in [3.05, 3.63) is 29.3 Å². The molecule has 1 aromatic carbocycles. The van der Waals surface area contributed by atoms with Crippen molar-refractivity contribution in [1.82, 2.24) is 10.3 Å². The molecule has 0 amide bonds. The Morgan fingerprint density at radius 2 is 2.29 bits per heavy atom. The summed E-state index contributed by atoms with van der Waals surface area (Å²) in [6.07, 6.45) is 1.98. The average molecular weight is 235 g/mol. The van der Waals surface area contributed by atoms with E-state index < -0.39 is 0 Å². The van der Waals surface area contributed by atoms with Gasteiger partial charge >= 0.3 is 0 Å². The highest BCUT2D eigenvalue weighted by Crippen LogP contribution is 2.34. The molecule has 0 aliphatic carbocycles. The fourth-order valence-corrected chi connectivity index (χ4v) is 2.23. The molecule has 2 rings (SSSR count). The molecule has 17 heavy (non-hydrogen) atoms.